The summed E-state index contributed by atoms with van der Waals surface area (Å²) in [5.41, 5.74) is 0.667. The van der Waals surface area contributed by atoms with Crippen LogP contribution in [0.1, 0.15) is 17.3 Å². The van der Waals surface area contributed by atoms with Crippen LogP contribution in [0.2, 0.25) is 0 Å². The number of carbonyl (C=O) groups excluding carboxylic acids is 1. The molecule has 2 rings (SSSR count). The van der Waals surface area contributed by atoms with Crippen molar-refractivity contribution in [1.82, 2.24) is 9.80 Å². The van der Waals surface area contributed by atoms with E-state index in [0.29, 0.717) is 17.9 Å². The van der Waals surface area contributed by atoms with Gasteiger partial charge in [0.05, 0.1) is 0 Å². The van der Waals surface area contributed by atoms with Gasteiger partial charge in [-0.05, 0) is 38.2 Å². The Kier molecular flexibility index (Phi) is 10.4. The molecule has 1 heterocycles. The molecule has 0 radical (unpaired) electrons. The fraction of sp³-hybridized carbons (Fsp3) is 0.562. The molecule has 0 aliphatic carbocycles. The third kappa shape index (κ3) is 7.50. The zero-order chi connectivity index (χ0) is 15.2. The van der Waals surface area contributed by atoms with E-state index in [9.17, 15) is 9.90 Å². The second kappa shape index (κ2) is 10.8. The highest BCUT2D eigenvalue weighted by molar-refractivity contribution is 5.94. The Hall–Kier alpha value is -0.850. The number of nitrogens with zero attached hydrogens (tertiary/aromatic N) is 2. The summed E-state index contributed by atoms with van der Waals surface area (Å²) in [5.74, 6) is 0.717. The van der Waals surface area contributed by atoms with Crippen molar-refractivity contribution in [2.75, 3.05) is 46.4 Å². The smallest absolute Gasteiger partial charge is 0.159 e. The number of ether oxygens (including phenoxy) is 1. The lowest BCUT2D eigenvalue weighted by Gasteiger charge is -2.33. The largest absolute Gasteiger partial charge is 0.491 e. The average molecular weight is 365 g/mol. The van der Waals surface area contributed by atoms with Crippen LogP contribution in [0.3, 0.4) is 0 Å². The first-order chi connectivity index (χ1) is 10.0. The van der Waals surface area contributed by atoms with Crippen LogP contribution in [0.4, 0.5) is 0 Å². The molecule has 1 N–H and O–H groups in total. The molecular weight excluding hydrogens is 339 g/mol. The molecule has 1 fully saturated rings. The number of hydrogen-bond acceptors (Lipinski definition) is 5. The van der Waals surface area contributed by atoms with Crippen LogP contribution >= 0.6 is 24.8 Å². The highest BCUT2D eigenvalue weighted by atomic mass is 35.5. The maximum absolute atomic E-state index is 11.2. The predicted molar refractivity (Wildman–Crippen MR) is 96.4 cm³/mol. The maximum Gasteiger partial charge on any atom is 0.159 e. The van der Waals surface area contributed by atoms with Gasteiger partial charge in [0.25, 0.3) is 0 Å². The Balaban J connectivity index is 0.00000242. The minimum absolute atomic E-state index is 0. The molecular formula is C16H26Cl2N2O3. The molecule has 1 aliphatic rings. The molecule has 1 aromatic rings. The van der Waals surface area contributed by atoms with Crippen molar-refractivity contribution in [2.24, 2.45) is 0 Å². The van der Waals surface area contributed by atoms with E-state index >= 15 is 0 Å². The number of halogens is 2. The van der Waals surface area contributed by atoms with Crippen molar-refractivity contribution >= 4 is 30.6 Å². The van der Waals surface area contributed by atoms with Gasteiger partial charge >= 0.3 is 0 Å². The highest BCUT2D eigenvalue weighted by Crippen LogP contribution is 2.13. The van der Waals surface area contributed by atoms with E-state index < -0.39 is 6.10 Å². The third-order valence-electron chi connectivity index (χ3n) is 3.77. The second-order valence-corrected chi connectivity index (χ2v) is 5.65. The van der Waals surface area contributed by atoms with Gasteiger partial charge in [-0.15, -0.1) is 24.8 Å². The van der Waals surface area contributed by atoms with E-state index in [-0.39, 0.29) is 37.2 Å². The maximum atomic E-state index is 11.2. The van der Waals surface area contributed by atoms with Crippen LogP contribution in [-0.2, 0) is 0 Å². The molecule has 1 aromatic carbocycles. The summed E-state index contributed by atoms with van der Waals surface area (Å²) in [6, 6.07) is 7.01. The molecule has 0 aromatic heterocycles. The molecule has 5 nitrogen and oxygen atoms in total. The van der Waals surface area contributed by atoms with Crippen LogP contribution in [0.25, 0.3) is 0 Å². The number of benzene rings is 1. The molecule has 7 heteroatoms. The lowest BCUT2D eigenvalue weighted by Crippen LogP contribution is -2.47. The number of hydrogen-bond donors (Lipinski definition) is 1. The van der Waals surface area contributed by atoms with Gasteiger partial charge in [0.15, 0.2) is 5.78 Å². The van der Waals surface area contributed by atoms with Gasteiger partial charge in [-0.3, -0.25) is 9.69 Å². The van der Waals surface area contributed by atoms with Gasteiger partial charge in [0.1, 0.15) is 18.5 Å². The van der Waals surface area contributed by atoms with Gasteiger partial charge in [0.2, 0.25) is 0 Å². The highest BCUT2D eigenvalue weighted by Gasteiger charge is 2.17. The number of Topliss-reactive ketones (excluding diaryl/α,β-unsaturated/α-hetero) is 1. The number of likely N-dealkylation sites (N-methyl/N-ethyl adjacent to an activating group) is 1. The molecule has 0 spiro atoms. The summed E-state index contributed by atoms with van der Waals surface area (Å²) < 4.78 is 5.57. The Bertz CT molecular complexity index is 463. The van der Waals surface area contributed by atoms with Crippen LogP contribution in [0, 0.1) is 0 Å². The molecule has 1 saturated heterocycles. The molecule has 0 saturated carbocycles. The molecule has 132 valence electrons. The Labute approximate surface area is 150 Å². The van der Waals surface area contributed by atoms with Crippen LogP contribution < -0.4 is 4.74 Å². The van der Waals surface area contributed by atoms with Crippen molar-refractivity contribution in [3.63, 3.8) is 0 Å². The summed E-state index contributed by atoms with van der Waals surface area (Å²) in [4.78, 5) is 15.7. The van der Waals surface area contributed by atoms with Gasteiger partial charge in [-0.1, -0.05) is 0 Å². The normalized spacial score (nSPS) is 16.8. The minimum Gasteiger partial charge on any atom is -0.491 e. The first kappa shape index (κ1) is 22.1. The van der Waals surface area contributed by atoms with Crippen LogP contribution in [0.15, 0.2) is 24.3 Å². The average Bonchev–Trinajstić information content (AvgIpc) is 2.48. The standard InChI is InChI=1S/C16H24N2O3.2ClH/c1-13(19)14-3-5-16(6-4-14)21-12-15(20)11-18-9-7-17(2)8-10-18;;/h3-6,15,20H,7-12H2,1-2H3;2*1H. The van der Waals surface area contributed by atoms with Gasteiger partial charge in [0, 0.05) is 38.3 Å². The van der Waals surface area contributed by atoms with Crippen LogP contribution in [-0.4, -0.2) is 73.2 Å². The second-order valence-electron chi connectivity index (χ2n) is 5.65. The van der Waals surface area contributed by atoms with Gasteiger partial charge in [-0.25, -0.2) is 0 Å². The monoisotopic (exact) mass is 364 g/mol. The minimum atomic E-state index is -0.499. The SMILES string of the molecule is CC(=O)c1ccc(OCC(O)CN2CCN(C)CC2)cc1.Cl.Cl. The molecule has 1 unspecified atom stereocenters. The number of β-amino-alcohol motifs (C(OH)–C–C–N with tert-alkyl or cyclic N) is 1. The van der Waals surface area contributed by atoms with Crippen molar-refractivity contribution < 1.29 is 14.6 Å². The Morgan fingerprint density at radius 1 is 1.17 bits per heavy atom. The molecule has 1 aliphatic heterocycles. The fourth-order valence-electron chi connectivity index (χ4n) is 2.36. The summed E-state index contributed by atoms with van der Waals surface area (Å²) in [6.45, 7) is 6.50. The molecule has 1 atom stereocenters. The van der Waals surface area contributed by atoms with E-state index in [0.717, 1.165) is 26.2 Å². The van der Waals surface area contributed by atoms with Gasteiger partial charge < -0.3 is 14.7 Å². The first-order valence-corrected chi connectivity index (χ1v) is 7.37. The number of ketones is 1. The topological polar surface area (TPSA) is 53.0 Å². The van der Waals surface area contributed by atoms with Crippen LogP contribution in [0.5, 0.6) is 5.75 Å². The summed E-state index contributed by atoms with van der Waals surface area (Å²) in [5, 5.41) is 10.0. The summed E-state index contributed by atoms with van der Waals surface area (Å²) in [7, 11) is 2.11. The van der Waals surface area contributed by atoms with E-state index in [1.54, 1.807) is 24.3 Å². The van der Waals surface area contributed by atoms with Crippen molar-refractivity contribution in [3.05, 3.63) is 29.8 Å². The Morgan fingerprint density at radius 2 is 1.74 bits per heavy atom. The number of aliphatic hydroxyl groups excluding tert-OH is 1. The zero-order valence-corrected chi connectivity index (χ0v) is 15.2. The molecule has 0 amide bonds. The van der Waals surface area contributed by atoms with E-state index in [2.05, 4.69) is 16.8 Å². The third-order valence-corrected chi connectivity index (χ3v) is 3.77. The quantitative estimate of drug-likeness (QED) is 0.778. The zero-order valence-electron chi connectivity index (χ0n) is 13.6. The first-order valence-electron chi connectivity index (χ1n) is 7.37. The van der Waals surface area contributed by atoms with Crippen molar-refractivity contribution in [1.29, 1.82) is 0 Å². The number of aliphatic hydroxyl groups is 1. The fourth-order valence-corrected chi connectivity index (χ4v) is 2.36. The van der Waals surface area contributed by atoms with Crippen molar-refractivity contribution in [3.8, 4) is 5.75 Å². The lowest BCUT2D eigenvalue weighted by molar-refractivity contribution is 0.0504. The van der Waals surface area contributed by atoms with Crippen molar-refractivity contribution in [2.45, 2.75) is 13.0 Å². The lowest BCUT2D eigenvalue weighted by atomic mass is 10.1. The van der Waals surface area contributed by atoms with E-state index in [1.165, 1.54) is 6.92 Å². The van der Waals surface area contributed by atoms with E-state index in [4.69, 9.17) is 4.74 Å². The van der Waals surface area contributed by atoms with E-state index in [1.807, 2.05) is 0 Å². The van der Waals surface area contributed by atoms with Gasteiger partial charge in [-0.2, -0.15) is 0 Å². The summed E-state index contributed by atoms with van der Waals surface area (Å²) >= 11 is 0. The Morgan fingerprint density at radius 3 is 2.26 bits per heavy atom. The molecule has 23 heavy (non-hydrogen) atoms. The molecule has 0 bridgehead atoms. The number of rotatable bonds is 6. The number of piperazine rings is 1. The predicted octanol–water partition coefficient (Wildman–Crippen LogP) is 1.72. The summed E-state index contributed by atoms with van der Waals surface area (Å²) in [6.07, 6.45) is -0.499. The number of carbonyl (C=O) groups is 1.